The van der Waals surface area contributed by atoms with Gasteiger partial charge < -0.3 is 20.0 Å². The van der Waals surface area contributed by atoms with Gasteiger partial charge in [-0.2, -0.15) is 31.4 Å². The zero-order chi connectivity index (χ0) is 36.2. The maximum absolute atomic E-state index is 14.1. The molecule has 0 spiro atoms. The quantitative estimate of drug-likeness (QED) is 0.207. The largest absolute Gasteiger partial charge is 0.469 e. The van der Waals surface area contributed by atoms with Gasteiger partial charge in [0.1, 0.15) is 0 Å². The molecular formula is C35H44F6N6O3. The Balaban J connectivity index is 1.44. The van der Waals surface area contributed by atoms with E-state index in [0.29, 0.717) is 51.5 Å². The number of carbonyl (C=O) groups excluding carboxylic acids is 2. The van der Waals surface area contributed by atoms with E-state index in [4.69, 9.17) is 4.74 Å². The molecule has 9 nitrogen and oxygen atoms in total. The van der Waals surface area contributed by atoms with Crippen molar-refractivity contribution in [1.29, 1.82) is 0 Å². The number of aromatic nitrogens is 2. The molecule has 2 aromatic rings. The van der Waals surface area contributed by atoms with E-state index in [0.717, 1.165) is 30.5 Å². The van der Waals surface area contributed by atoms with Crippen LogP contribution in [0.25, 0.3) is 0 Å². The summed E-state index contributed by atoms with van der Waals surface area (Å²) in [6, 6.07) is 0.822. The number of ether oxygens (including phenoxy) is 1. The molecule has 15 heteroatoms. The summed E-state index contributed by atoms with van der Waals surface area (Å²) >= 11 is 0. The van der Waals surface area contributed by atoms with Crippen molar-refractivity contribution >= 4 is 24.0 Å². The number of esters is 1. The van der Waals surface area contributed by atoms with E-state index in [1.54, 1.807) is 23.5 Å². The fourth-order valence-electron chi connectivity index (χ4n) is 7.63. The highest BCUT2D eigenvalue weighted by Gasteiger charge is 2.43. The highest BCUT2D eigenvalue weighted by Crippen LogP contribution is 2.40. The standard InChI is InChI=1S/C35H44F6N6O3/c1-4-28-14-30(15-29(5-2)47(28)32(49)23-8-6-21(7-9-23)12-31(48)50-3)46(33-42-16-24(17-43-33)25-18-44-45-19-25)20-22-10-26(34(36,37)38)13-27(11-22)35(39,40)41/h10-11,13,16-18,21,23,25,28-30,45H,4-9,12,14-15,19-20H2,1-3H3/t21?,23?,25?,28-,29+,30+. The molecule has 5 rings (SSSR count). The number of halogens is 6. The third-order valence-corrected chi connectivity index (χ3v) is 10.4. The van der Waals surface area contributed by atoms with E-state index in [9.17, 15) is 35.9 Å². The summed E-state index contributed by atoms with van der Waals surface area (Å²) in [7, 11) is 1.36. The van der Waals surface area contributed by atoms with Crippen LogP contribution in [-0.4, -0.2) is 64.7 Å². The number of amides is 1. The highest BCUT2D eigenvalue weighted by molar-refractivity contribution is 5.80. The fraction of sp³-hybridized carbons (Fsp3) is 0.629. The number of likely N-dealkylation sites (tertiary alicyclic amines) is 1. The number of rotatable bonds is 10. The van der Waals surface area contributed by atoms with Crippen molar-refractivity contribution in [3.05, 3.63) is 52.8 Å². The van der Waals surface area contributed by atoms with E-state index in [1.165, 1.54) is 7.11 Å². The molecule has 0 radical (unpaired) electrons. The molecule has 50 heavy (non-hydrogen) atoms. The number of alkyl halides is 6. The van der Waals surface area contributed by atoms with Gasteiger partial charge in [-0.1, -0.05) is 13.8 Å². The van der Waals surface area contributed by atoms with Crippen LogP contribution in [0.15, 0.2) is 35.7 Å². The van der Waals surface area contributed by atoms with Crippen molar-refractivity contribution in [1.82, 2.24) is 20.3 Å². The van der Waals surface area contributed by atoms with Crippen LogP contribution in [0.4, 0.5) is 32.3 Å². The highest BCUT2D eigenvalue weighted by atomic mass is 19.4. The Hall–Kier alpha value is -3.91. The first-order valence-electron chi connectivity index (χ1n) is 17.2. The minimum absolute atomic E-state index is 0.0605. The predicted octanol–water partition coefficient (Wildman–Crippen LogP) is 7.11. The number of nitrogens with zero attached hydrogens (tertiary/aromatic N) is 5. The molecule has 1 N–H and O–H groups in total. The summed E-state index contributed by atoms with van der Waals surface area (Å²) in [4.78, 5) is 38.7. The number of methoxy groups -OCH3 is 1. The summed E-state index contributed by atoms with van der Waals surface area (Å²) in [5, 5.41) is 4.02. The lowest BCUT2D eigenvalue weighted by Crippen LogP contribution is -2.58. The van der Waals surface area contributed by atoms with Gasteiger partial charge in [0.05, 0.1) is 18.2 Å². The molecule has 1 saturated heterocycles. The third-order valence-electron chi connectivity index (χ3n) is 10.4. The van der Waals surface area contributed by atoms with Gasteiger partial charge in [-0.3, -0.25) is 9.59 Å². The van der Waals surface area contributed by atoms with E-state index in [2.05, 4.69) is 20.5 Å². The summed E-state index contributed by atoms with van der Waals surface area (Å²) in [5.41, 5.74) is 0.695. The van der Waals surface area contributed by atoms with Crippen LogP contribution in [0.2, 0.25) is 0 Å². The topological polar surface area (TPSA) is 100 Å². The molecule has 1 unspecified atom stereocenters. The Kier molecular flexibility index (Phi) is 11.6. The summed E-state index contributed by atoms with van der Waals surface area (Å²) in [5.74, 6) is -0.103. The van der Waals surface area contributed by atoms with Crippen LogP contribution < -0.4 is 10.3 Å². The maximum atomic E-state index is 14.1. The van der Waals surface area contributed by atoms with Gasteiger partial charge in [0.25, 0.3) is 0 Å². The monoisotopic (exact) mass is 710 g/mol. The summed E-state index contributed by atoms with van der Waals surface area (Å²) < 4.78 is 87.8. The van der Waals surface area contributed by atoms with Crippen LogP contribution >= 0.6 is 0 Å². The van der Waals surface area contributed by atoms with E-state index in [1.807, 2.05) is 18.7 Å². The maximum Gasteiger partial charge on any atom is 0.416 e. The van der Waals surface area contributed by atoms with Crippen LogP contribution in [0.3, 0.4) is 0 Å². The molecule has 4 atom stereocenters. The molecule has 1 aliphatic carbocycles. The number of hydrogen-bond acceptors (Lipinski definition) is 8. The Labute approximate surface area is 287 Å². The summed E-state index contributed by atoms with van der Waals surface area (Å²) in [6.45, 7) is 4.20. The van der Waals surface area contributed by atoms with Crippen molar-refractivity contribution in [2.24, 2.45) is 16.9 Å². The molecule has 3 aliphatic rings. The van der Waals surface area contributed by atoms with Crippen LogP contribution in [-0.2, 0) is 33.2 Å². The van der Waals surface area contributed by atoms with Gasteiger partial charge in [-0.05, 0) is 86.6 Å². The molecule has 1 amide bonds. The smallest absolute Gasteiger partial charge is 0.416 e. The van der Waals surface area contributed by atoms with Crippen molar-refractivity contribution in [2.75, 3.05) is 18.6 Å². The molecule has 2 fully saturated rings. The molecule has 274 valence electrons. The summed E-state index contributed by atoms with van der Waals surface area (Å²) in [6.07, 6.45) is 0.207. The van der Waals surface area contributed by atoms with Gasteiger partial charge in [0.2, 0.25) is 11.9 Å². The van der Waals surface area contributed by atoms with Gasteiger partial charge in [0, 0.05) is 68.1 Å². The second-order valence-electron chi connectivity index (χ2n) is 13.6. The molecule has 1 saturated carbocycles. The van der Waals surface area contributed by atoms with Crippen LogP contribution in [0.1, 0.15) is 99.8 Å². The first kappa shape index (κ1) is 37.3. The number of benzene rings is 1. The van der Waals surface area contributed by atoms with Crippen molar-refractivity contribution in [2.45, 2.75) is 115 Å². The second-order valence-corrected chi connectivity index (χ2v) is 13.6. The number of piperidine rings is 1. The minimum atomic E-state index is -4.99. The van der Waals surface area contributed by atoms with Gasteiger partial charge in [-0.15, -0.1) is 0 Å². The lowest BCUT2D eigenvalue weighted by atomic mass is 9.78. The molecule has 2 aliphatic heterocycles. The Morgan fingerprint density at radius 2 is 1.50 bits per heavy atom. The van der Waals surface area contributed by atoms with Crippen LogP contribution in [0.5, 0.6) is 0 Å². The SMILES string of the molecule is CC[C@@H]1C[C@H](N(Cc2cc(C(F)(F)F)cc(C(F)(F)F)c2)c2ncc(C3C=NNC3)cn2)C[C@H](CC)N1C(=O)C1CCC(CC(=O)OC)CC1. The number of anilines is 1. The number of nitrogens with one attached hydrogen (secondary N) is 1. The van der Waals surface area contributed by atoms with E-state index < -0.39 is 23.5 Å². The molecule has 3 heterocycles. The Morgan fingerprint density at radius 3 is 1.98 bits per heavy atom. The fourth-order valence-corrected chi connectivity index (χ4v) is 7.63. The molecule has 1 aromatic carbocycles. The zero-order valence-corrected chi connectivity index (χ0v) is 28.4. The Bertz CT molecular complexity index is 1460. The van der Waals surface area contributed by atoms with E-state index >= 15 is 0 Å². The zero-order valence-electron chi connectivity index (χ0n) is 28.4. The average Bonchev–Trinajstić information content (AvgIpc) is 3.64. The van der Waals surface area contributed by atoms with Gasteiger partial charge in [0.15, 0.2) is 0 Å². The number of hydrogen-bond donors (Lipinski definition) is 1. The predicted molar refractivity (Wildman–Crippen MR) is 174 cm³/mol. The molecule has 0 bridgehead atoms. The molecular weight excluding hydrogens is 666 g/mol. The van der Waals surface area contributed by atoms with Gasteiger partial charge >= 0.3 is 18.3 Å². The number of carbonyl (C=O) groups is 2. The van der Waals surface area contributed by atoms with Crippen molar-refractivity contribution in [3.8, 4) is 0 Å². The van der Waals surface area contributed by atoms with Crippen molar-refractivity contribution < 1.29 is 40.7 Å². The number of hydrazone groups is 1. The lowest BCUT2D eigenvalue weighted by molar-refractivity contribution is -0.146. The lowest BCUT2D eigenvalue weighted by Gasteiger charge is -2.49. The van der Waals surface area contributed by atoms with E-state index in [-0.39, 0.29) is 71.9 Å². The third kappa shape index (κ3) is 8.68. The first-order chi connectivity index (χ1) is 23.7. The molecule has 1 aromatic heterocycles. The average molecular weight is 711 g/mol. The first-order valence-corrected chi connectivity index (χ1v) is 17.2. The minimum Gasteiger partial charge on any atom is -0.469 e. The van der Waals surface area contributed by atoms with Crippen molar-refractivity contribution in [3.63, 3.8) is 0 Å². The van der Waals surface area contributed by atoms with Gasteiger partial charge in [-0.25, -0.2) is 9.97 Å². The van der Waals surface area contributed by atoms with Crippen LogP contribution in [0, 0.1) is 11.8 Å². The normalized spacial score (nSPS) is 25.7. The Morgan fingerprint density at radius 1 is 0.920 bits per heavy atom. The second kappa shape index (κ2) is 15.5.